The van der Waals surface area contributed by atoms with Crippen molar-refractivity contribution in [1.82, 2.24) is 0 Å². The van der Waals surface area contributed by atoms with Gasteiger partial charge < -0.3 is 14.5 Å². The van der Waals surface area contributed by atoms with Crippen molar-refractivity contribution in [3.63, 3.8) is 0 Å². The summed E-state index contributed by atoms with van der Waals surface area (Å²) in [6.45, 7) is -0.781. The SMILES string of the molecule is O=C(COC(=O)c1ccc(Br)o1)Nc1ccc(Cl)cc1C(F)(F)F. The van der Waals surface area contributed by atoms with Gasteiger partial charge in [-0.05, 0) is 46.3 Å². The summed E-state index contributed by atoms with van der Waals surface area (Å²) >= 11 is 8.52. The summed E-state index contributed by atoms with van der Waals surface area (Å²) in [5.41, 5.74) is -1.60. The number of anilines is 1. The number of alkyl halides is 3. The van der Waals surface area contributed by atoms with Crippen LogP contribution in [0.2, 0.25) is 5.02 Å². The molecule has 1 amide bonds. The van der Waals surface area contributed by atoms with E-state index < -0.39 is 35.9 Å². The number of rotatable bonds is 4. The summed E-state index contributed by atoms with van der Waals surface area (Å²) < 4.78 is 48.6. The highest BCUT2D eigenvalue weighted by atomic mass is 79.9. The van der Waals surface area contributed by atoms with Gasteiger partial charge in [0.15, 0.2) is 11.3 Å². The molecule has 1 N–H and O–H groups in total. The maximum absolute atomic E-state index is 12.9. The number of amides is 1. The van der Waals surface area contributed by atoms with Crippen LogP contribution in [0.15, 0.2) is 39.4 Å². The lowest BCUT2D eigenvalue weighted by Gasteiger charge is -2.14. The molecule has 2 aromatic rings. The van der Waals surface area contributed by atoms with Crippen molar-refractivity contribution in [2.24, 2.45) is 0 Å². The van der Waals surface area contributed by atoms with E-state index in [0.717, 1.165) is 6.07 Å². The molecule has 0 atom stereocenters. The summed E-state index contributed by atoms with van der Waals surface area (Å²) in [6.07, 6.45) is -4.70. The molecular formula is C14H8BrClF3NO4. The minimum Gasteiger partial charge on any atom is -0.450 e. The Morgan fingerprint density at radius 2 is 1.96 bits per heavy atom. The number of hydrogen-bond donors (Lipinski definition) is 1. The molecule has 1 heterocycles. The molecule has 0 spiro atoms. The number of halogens is 5. The second-order valence-electron chi connectivity index (χ2n) is 4.42. The van der Waals surface area contributed by atoms with Gasteiger partial charge in [-0.15, -0.1) is 0 Å². The number of carbonyl (C=O) groups is 2. The molecule has 0 radical (unpaired) electrons. The fourth-order valence-electron chi connectivity index (χ4n) is 1.67. The van der Waals surface area contributed by atoms with Crippen molar-refractivity contribution in [2.75, 3.05) is 11.9 Å². The van der Waals surface area contributed by atoms with Gasteiger partial charge in [0.1, 0.15) is 0 Å². The number of benzene rings is 1. The van der Waals surface area contributed by atoms with Crippen molar-refractivity contribution < 1.29 is 31.9 Å². The summed E-state index contributed by atoms with van der Waals surface area (Å²) in [6, 6.07) is 5.64. The van der Waals surface area contributed by atoms with Crippen molar-refractivity contribution in [3.05, 3.63) is 51.3 Å². The molecule has 0 fully saturated rings. The Bertz CT molecular complexity index is 776. The van der Waals surface area contributed by atoms with Crippen molar-refractivity contribution in [1.29, 1.82) is 0 Å². The molecule has 0 bridgehead atoms. The van der Waals surface area contributed by atoms with E-state index in [2.05, 4.69) is 20.7 Å². The number of hydrogen-bond acceptors (Lipinski definition) is 4. The van der Waals surface area contributed by atoms with Crippen LogP contribution in [0.3, 0.4) is 0 Å². The van der Waals surface area contributed by atoms with Gasteiger partial charge in [0, 0.05) is 5.02 Å². The Morgan fingerprint density at radius 3 is 2.54 bits per heavy atom. The Kier molecular flexibility index (Phi) is 5.55. The zero-order chi connectivity index (χ0) is 17.9. The van der Waals surface area contributed by atoms with Crippen LogP contribution >= 0.6 is 27.5 Å². The average molecular weight is 427 g/mol. The molecule has 5 nitrogen and oxygen atoms in total. The number of nitrogens with one attached hydrogen (secondary N) is 1. The number of esters is 1. The van der Waals surface area contributed by atoms with Gasteiger partial charge in [-0.3, -0.25) is 4.79 Å². The average Bonchev–Trinajstić information content (AvgIpc) is 2.92. The van der Waals surface area contributed by atoms with Crippen molar-refractivity contribution in [3.8, 4) is 0 Å². The zero-order valence-corrected chi connectivity index (χ0v) is 14.0. The Hall–Kier alpha value is -2.00. The fraction of sp³-hybridized carbons (Fsp3) is 0.143. The van der Waals surface area contributed by atoms with E-state index in [4.69, 9.17) is 16.0 Å². The first-order chi connectivity index (χ1) is 11.2. The van der Waals surface area contributed by atoms with Crippen LogP contribution in [0.4, 0.5) is 18.9 Å². The second kappa shape index (κ2) is 7.27. The first-order valence-corrected chi connectivity index (χ1v) is 7.43. The fourth-order valence-corrected chi connectivity index (χ4v) is 2.15. The second-order valence-corrected chi connectivity index (χ2v) is 5.63. The van der Waals surface area contributed by atoms with Gasteiger partial charge in [0.05, 0.1) is 11.3 Å². The first-order valence-electron chi connectivity index (χ1n) is 6.26. The molecule has 0 aliphatic heterocycles. The predicted molar refractivity (Wildman–Crippen MR) is 81.8 cm³/mol. The third kappa shape index (κ3) is 4.75. The molecule has 0 saturated heterocycles. The van der Waals surface area contributed by atoms with Crippen LogP contribution < -0.4 is 5.32 Å². The lowest BCUT2D eigenvalue weighted by atomic mass is 10.1. The lowest BCUT2D eigenvalue weighted by molar-refractivity contribution is -0.137. The lowest BCUT2D eigenvalue weighted by Crippen LogP contribution is -2.22. The van der Waals surface area contributed by atoms with E-state index in [9.17, 15) is 22.8 Å². The highest BCUT2D eigenvalue weighted by molar-refractivity contribution is 9.10. The topological polar surface area (TPSA) is 68.5 Å². The molecule has 0 saturated carbocycles. The maximum Gasteiger partial charge on any atom is 0.418 e. The molecule has 0 unspecified atom stereocenters. The van der Waals surface area contributed by atoms with E-state index in [0.29, 0.717) is 6.07 Å². The highest BCUT2D eigenvalue weighted by Gasteiger charge is 2.34. The van der Waals surface area contributed by atoms with Crippen LogP contribution in [0.1, 0.15) is 16.1 Å². The van der Waals surface area contributed by atoms with Gasteiger partial charge in [0.2, 0.25) is 5.76 Å². The first kappa shape index (κ1) is 18.3. The summed E-state index contributed by atoms with van der Waals surface area (Å²) in [7, 11) is 0. The molecule has 1 aromatic heterocycles. The van der Waals surface area contributed by atoms with Gasteiger partial charge in [0.25, 0.3) is 5.91 Å². The zero-order valence-electron chi connectivity index (χ0n) is 11.6. The summed E-state index contributed by atoms with van der Waals surface area (Å²) in [5.74, 6) is -2.03. The van der Waals surface area contributed by atoms with E-state index >= 15 is 0 Å². The summed E-state index contributed by atoms with van der Waals surface area (Å²) in [5, 5.41) is 1.89. The van der Waals surface area contributed by atoms with Crippen LogP contribution in [-0.4, -0.2) is 18.5 Å². The molecule has 1 aromatic carbocycles. The van der Waals surface area contributed by atoms with Gasteiger partial charge in [-0.25, -0.2) is 4.79 Å². The van der Waals surface area contributed by atoms with Gasteiger partial charge in [-0.1, -0.05) is 11.6 Å². The van der Waals surface area contributed by atoms with E-state index in [-0.39, 0.29) is 15.5 Å². The standard InChI is InChI=1S/C14H8BrClF3NO4/c15-11-4-3-10(24-11)13(22)23-6-12(21)20-9-2-1-7(16)5-8(9)14(17,18)19/h1-5H,6H2,(H,20,21). The molecule has 10 heteroatoms. The molecular weight excluding hydrogens is 419 g/mol. The van der Waals surface area contributed by atoms with E-state index in [1.54, 1.807) is 0 Å². The van der Waals surface area contributed by atoms with Crippen LogP contribution in [0, 0.1) is 0 Å². The van der Waals surface area contributed by atoms with Gasteiger partial charge >= 0.3 is 12.1 Å². The largest absolute Gasteiger partial charge is 0.450 e. The summed E-state index contributed by atoms with van der Waals surface area (Å²) in [4.78, 5) is 23.3. The Labute approximate surface area is 146 Å². The van der Waals surface area contributed by atoms with Crippen LogP contribution in [0.25, 0.3) is 0 Å². The maximum atomic E-state index is 12.9. The Balaban J connectivity index is 2.01. The minimum absolute atomic E-state index is 0.129. The van der Waals surface area contributed by atoms with Crippen LogP contribution in [0.5, 0.6) is 0 Å². The van der Waals surface area contributed by atoms with E-state index in [1.807, 2.05) is 5.32 Å². The smallest absolute Gasteiger partial charge is 0.418 e. The monoisotopic (exact) mass is 425 g/mol. The molecule has 0 aliphatic rings. The third-order valence-corrected chi connectivity index (χ3v) is 3.33. The van der Waals surface area contributed by atoms with E-state index in [1.165, 1.54) is 18.2 Å². The van der Waals surface area contributed by atoms with Gasteiger partial charge in [-0.2, -0.15) is 13.2 Å². The quantitative estimate of drug-likeness (QED) is 0.731. The number of furan rings is 1. The molecule has 0 aliphatic carbocycles. The molecule has 128 valence electrons. The normalized spacial score (nSPS) is 11.2. The Morgan fingerprint density at radius 1 is 1.25 bits per heavy atom. The predicted octanol–water partition coefficient (Wildman–Crippen LogP) is 4.51. The minimum atomic E-state index is -4.70. The molecule has 2 rings (SSSR count). The highest BCUT2D eigenvalue weighted by Crippen LogP contribution is 2.36. The number of carbonyl (C=O) groups excluding carboxylic acids is 2. The van der Waals surface area contributed by atoms with Crippen LogP contribution in [-0.2, 0) is 15.7 Å². The third-order valence-electron chi connectivity index (χ3n) is 2.67. The molecule has 24 heavy (non-hydrogen) atoms. The van der Waals surface area contributed by atoms with Crippen molar-refractivity contribution in [2.45, 2.75) is 6.18 Å². The van der Waals surface area contributed by atoms with Crippen molar-refractivity contribution >= 4 is 45.1 Å². The number of ether oxygens (including phenoxy) is 1.